The molecular formula is C29H27N3O7S. The summed E-state index contributed by atoms with van der Waals surface area (Å²) >= 11 is 0.745. The lowest BCUT2D eigenvalue weighted by Crippen LogP contribution is -2.36. The van der Waals surface area contributed by atoms with Gasteiger partial charge in [-0.05, 0) is 66.7 Å². The van der Waals surface area contributed by atoms with E-state index in [9.17, 15) is 19.2 Å². The van der Waals surface area contributed by atoms with Crippen LogP contribution in [0.15, 0.2) is 77.7 Å². The van der Waals surface area contributed by atoms with Gasteiger partial charge in [0.25, 0.3) is 17.1 Å². The summed E-state index contributed by atoms with van der Waals surface area (Å²) in [7, 11) is 1.45. The summed E-state index contributed by atoms with van der Waals surface area (Å²) in [5, 5.41) is 4.88. The number of amides is 4. The van der Waals surface area contributed by atoms with Gasteiger partial charge < -0.3 is 24.8 Å². The Morgan fingerprint density at radius 3 is 2.38 bits per heavy atom. The summed E-state index contributed by atoms with van der Waals surface area (Å²) < 4.78 is 16.6. The van der Waals surface area contributed by atoms with Gasteiger partial charge in [0, 0.05) is 5.69 Å². The number of hydrogen-bond donors (Lipinski definition) is 2. The standard InChI is InChI=1S/C29H27N3O7S/c1-3-38-22-12-8-7-11-21(22)31-27(34)18-39-23-14-13-19(15-24(23)37-2)16-25-28(35)32(29(36)40-25)17-26(33)30-20-9-5-4-6-10-20/h4-16H,3,17-18H2,1-2H3,(H,30,33)(H,31,34)/b25-16-. The summed E-state index contributed by atoms with van der Waals surface area (Å²) in [5.41, 5.74) is 1.67. The molecule has 0 radical (unpaired) electrons. The number of thioether (sulfide) groups is 1. The zero-order valence-electron chi connectivity index (χ0n) is 21.8. The van der Waals surface area contributed by atoms with E-state index in [1.807, 2.05) is 19.1 Å². The van der Waals surface area contributed by atoms with Crippen LogP contribution in [-0.2, 0) is 14.4 Å². The van der Waals surface area contributed by atoms with Crippen LogP contribution in [-0.4, -0.2) is 54.7 Å². The monoisotopic (exact) mass is 561 g/mol. The average molecular weight is 562 g/mol. The second-order valence-corrected chi connectivity index (χ2v) is 9.35. The van der Waals surface area contributed by atoms with E-state index in [2.05, 4.69) is 10.6 Å². The van der Waals surface area contributed by atoms with Crippen molar-refractivity contribution >= 4 is 52.2 Å². The quantitative estimate of drug-likeness (QED) is 0.321. The number of imide groups is 1. The van der Waals surface area contributed by atoms with E-state index in [4.69, 9.17) is 14.2 Å². The third kappa shape index (κ3) is 7.20. The molecule has 4 rings (SSSR count). The van der Waals surface area contributed by atoms with Crippen LogP contribution in [0.1, 0.15) is 12.5 Å². The fourth-order valence-corrected chi connectivity index (χ4v) is 4.57. The Labute approximate surface area is 235 Å². The molecule has 1 fully saturated rings. The molecule has 40 heavy (non-hydrogen) atoms. The maximum Gasteiger partial charge on any atom is 0.294 e. The maximum atomic E-state index is 12.8. The van der Waals surface area contributed by atoms with Gasteiger partial charge in [-0.25, -0.2) is 0 Å². The van der Waals surface area contributed by atoms with Crippen molar-refractivity contribution in [2.24, 2.45) is 0 Å². The maximum absolute atomic E-state index is 12.8. The molecule has 206 valence electrons. The molecule has 0 unspecified atom stereocenters. The molecule has 0 atom stereocenters. The van der Waals surface area contributed by atoms with Gasteiger partial charge >= 0.3 is 0 Å². The Balaban J connectivity index is 1.38. The van der Waals surface area contributed by atoms with Gasteiger partial charge in [0.05, 0.1) is 24.3 Å². The number of hydrogen-bond acceptors (Lipinski definition) is 8. The highest BCUT2D eigenvalue weighted by Gasteiger charge is 2.36. The fourth-order valence-electron chi connectivity index (χ4n) is 3.73. The highest BCUT2D eigenvalue weighted by molar-refractivity contribution is 8.18. The van der Waals surface area contributed by atoms with Crippen LogP contribution in [0.25, 0.3) is 6.08 Å². The number of nitrogens with zero attached hydrogens (tertiary/aromatic N) is 1. The summed E-state index contributed by atoms with van der Waals surface area (Å²) in [6.45, 7) is 1.64. The predicted molar refractivity (Wildman–Crippen MR) is 152 cm³/mol. The summed E-state index contributed by atoms with van der Waals surface area (Å²) in [5.74, 6) is -0.231. The Bertz CT molecular complexity index is 1440. The van der Waals surface area contributed by atoms with Gasteiger partial charge in [-0.2, -0.15) is 0 Å². The van der Waals surface area contributed by atoms with Crippen LogP contribution < -0.4 is 24.8 Å². The summed E-state index contributed by atoms with van der Waals surface area (Å²) in [4.78, 5) is 51.2. The molecule has 2 N–H and O–H groups in total. The number of methoxy groups -OCH3 is 1. The van der Waals surface area contributed by atoms with Crippen molar-refractivity contribution in [3.05, 3.63) is 83.3 Å². The molecule has 3 aromatic carbocycles. The normalized spacial score (nSPS) is 13.8. The van der Waals surface area contributed by atoms with Crippen molar-refractivity contribution in [2.75, 3.05) is 37.5 Å². The van der Waals surface area contributed by atoms with Crippen LogP contribution in [0, 0.1) is 0 Å². The minimum atomic E-state index is -0.568. The third-order valence-electron chi connectivity index (χ3n) is 5.54. The predicted octanol–water partition coefficient (Wildman–Crippen LogP) is 4.79. The highest BCUT2D eigenvalue weighted by Crippen LogP contribution is 2.34. The molecule has 1 aliphatic rings. The van der Waals surface area contributed by atoms with Crippen molar-refractivity contribution in [1.29, 1.82) is 0 Å². The first-order valence-corrected chi connectivity index (χ1v) is 13.1. The van der Waals surface area contributed by atoms with Crippen molar-refractivity contribution in [3.63, 3.8) is 0 Å². The van der Waals surface area contributed by atoms with Gasteiger partial charge in [0.2, 0.25) is 5.91 Å². The highest BCUT2D eigenvalue weighted by atomic mass is 32.2. The van der Waals surface area contributed by atoms with Crippen LogP contribution >= 0.6 is 11.8 Å². The number of ether oxygens (including phenoxy) is 3. The molecule has 0 aliphatic carbocycles. The lowest BCUT2D eigenvalue weighted by Gasteiger charge is -2.13. The number of anilines is 2. The smallest absolute Gasteiger partial charge is 0.294 e. The molecule has 10 nitrogen and oxygen atoms in total. The van der Waals surface area contributed by atoms with E-state index in [0.717, 1.165) is 16.7 Å². The number of nitrogens with one attached hydrogen (secondary N) is 2. The molecule has 3 aromatic rings. The molecule has 1 heterocycles. The van der Waals surface area contributed by atoms with E-state index in [-0.39, 0.29) is 17.4 Å². The van der Waals surface area contributed by atoms with Crippen molar-refractivity contribution in [3.8, 4) is 17.2 Å². The lowest BCUT2D eigenvalue weighted by molar-refractivity contribution is -0.127. The molecule has 1 saturated heterocycles. The Morgan fingerprint density at radius 2 is 1.62 bits per heavy atom. The molecule has 0 aromatic heterocycles. The number of benzene rings is 3. The van der Waals surface area contributed by atoms with Gasteiger partial charge in [0.1, 0.15) is 12.3 Å². The first-order valence-electron chi connectivity index (χ1n) is 12.3. The molecule has 0 saturated carbocycles. The zero-order chi connectivity index (χ0) is 28.5. The molecule has 0 spiro atoms. The van der Waals surface area contributed by atoms with E-state index in [1.165, 1.54) is 13.2 Å². The van der Waals surface area contributed by atoms with Gasteiger partial charge in [-0.3, -0.25) is 24.1 Å². The largest absolute Gasteiger partial charge is 0.493 e. The first-order chi connectivity index (χ1) is 19.4. The van der Waals surface area contributed by atoms with Crippen LogP contribution in [0.5, 0.6) is 17.2 Å². The minimum Gasteiger partial charge on any atom is -0.493 e. The van der Waals surface area contributed by atoms with Crippen LogP contribution in [0.3, 0.4) is 0 Å². The van der Waals surface area contributed by atoms with E-state index < -0.39 is 23.6 Å². The summed E-state index contributed by atoms with van der Waals surface area (Å²) in [6, 6.07) is 20.7. The number of rotatable bonds is 11. The zero-order valence-corrected chi connectivity index (χ0v) is 22.7. The Kier molecular flexibility index (Phi) is 9.42. The Morgan fingerprint density at radius 1 is 0.875 bits per heavy atom. The molecule has 11 heteroatoms. The number of carbonyl (C=O) groups is 4. The van der Waals surface area contributed by atoms with E-state index in [1.54, 1.807) is 60.7 Å². The Hall–Kier alpha value is -4.77. The van der Waals surface area contributed by atoms with Crippen molar-refractivity contribution in [2.45, 2.75) is 6.92 Å². The van der Waals surface area contributed by atoms with E-state index >= 15 is 0 Å². The van der Waals surface area contributed by atoms with Gasteiger partial charge in [-0.15, -0.1) is 0 Å². The van der Waals surface area contributed by atoms with Gasteiger partial charge in [-0.1, -0.05) is 36.4 Å². The molecule has 0 bridgehead atoms. The van der Waals surface area contributed by atoms with Crippen LogP contribution in [0.4, 0.5) is 16.2 Å². The number of carbonyl (C=O) groups excluding carboxylic acids is 4. The van der Waals surface area contributed by atoms with Crippen molar-refractivity contribution in [1.82, 2.24) is 4.90 Å². The fraction of sp³-hybridized carbons (Fsp3) is 0.172. The average Bonchev–Trinajstić information content (AvgIpc) is 3.21. The van der Waals surface area contributed by atoms with Crippen molar-refractivity contribution < 1.29 is 33.4 Å². The topological polar surface area (TPSA) is 123 Å². The van der Waals surface area contributed by atoms with E-state index in [0.29, 0.717) is 40.8 Å². The minimum absolute atomic E-state index is 0.167. The molecule has 4 amide bonds. The second-order valence-electron chi connectivity index (χ2n) is 8.36. The first kappa shape index (κ1) is 28.2. The van der Waals surface area contributed by atoms with Crippen LogP contribution in [0.2, 0.25) is 0 Å². The second kappa shape index (κ2) is 13.3. The SMILES string of the molecule is CCOc1ccccc1NC(=O)COc1ccc(/C=C2\SC(=O)N(CC(=O)Nc3ccccc3)C2=O)cc1OC. The third-order valence-corrected chi connectivity index (χ3v) is 6.45. The van der Waals surface area contributed by atoms with Gasteiger partial charge in [0.15, 0.2) is 18.1 Å². The molecule has 1 aliphatic heterocycles. The molecular weight excluding hydrogens is 534 g/mol. The number of para-hydroxylation sites is 3. The summed E-state index contributed by atoms with van der Waals surface area (Å²) in [6.07, 6.45) is 1.53. The lowest BCUT2D eigenvalue weighted by atomic mass is 10.2.